The number of nitrogens with zero attached hydrogens (tertiary/aromatic N) is 1. The summed E-state index contributed by atoms with van der Waals surface area (Å²) in [5, 5.41) is 8.85. The Kier molecular flexibility index (Phi) is 6.90. The maximum atomic E-state index is 6.09. The first-order chi connectivity index (χ1) is 14.4. The molecule has 3 aromatic rings. The van der Waals surface area contributed by atoms with Crippen LogP contribution in [0, 0.1) is 0 Å². The lowest BCUT2D eigenvalue weighted by Gasteiger charge is -2.28. The van der Waals surface area contributed by atoms with Crippen LogP contribution in [0.15, 0.2) is 42.6 Å². The van der Waals surface area contributed by atoms with E-state index in [1.54, 1.807) is 27.5 Å². The second kappa shape index (κ2) is 9.41. The van der Waals surface area contributed by atoms with Crippen molar-refractivity contribution in [3.63, 3.8) is 0 Å². The number of nitrogens with one attached hydrogen (secondary N) is 2. The van der Waals surface area contributed by atoms with Gasteiger partial charge in [-0.1, -0.05) is 11.6 Å². The summed E-state index contributed by atoms with van der Waals surface area (Å²) in [5.41, 5.74) is 2.76. The number of fused-ring (bicyclic) bond motifs is 1. The van der Waals surface area contributed by atoms with Crippen LogP contribution in [0.2, 0.25) is 5.02 Å². The summed E-state index contributed by atoms with van der Waals surface area (Å²) >= 11 is 6.09. The van der Waals surface area contributed by atoms with Gasteiger partial charge in [0, 0.05) is 40.9 Å². The molecule has 1 heterocycles. The second-order valence-electron chi connectivity index (χ2n) is 7.64. The lowest BCUT2D eigenvalue weighted by Crippen LogP contribution is -2.44. The fraction of sp³-hybridized carbons (Fsp3) is 0.348. The Morgan fingerprint density at radius 2 is 1.67 bits per heavy atom. The van der Waals surface area contributed by atoms with Crippen molar-refractivity contribution in [2.75, 3.05) is 33.2 Å². The summed E-state index contributed by atoms with van der Waals surface area (Å²) in [4.78, 5) is 4.40. The van der Waals surface area contributed by atoms with Crippen molar-refractivity contribution < 1.29 is 14.2 Å². The van der Waals surface area contributed by atoms with Gasteiger partial charge >= 0.3 is 0 Å². The fourth-order valence-corrected chi connectivity index (χ4v) is 3.40. The van der Waals surface area contributed by atoms with Crippen molar-refractivity contribution in [1.82, 2.24) is 10.3 Å². The number of hydrogen-bond donors (Lipinski definition) is 2. The van der Waals surface area contributed by atoms with E-state index in [1.807, 2.05) is 36.4 Å². The zero-order chi connectivity index (χ0) is 21.7. The van der Waals surface area contributed by atoms with E-state index in [0.29, 0.717) is 28.8 Å². The highest BCUT2D eigenvalue weighted by Gasteiger charge is 2.19. The molecule has 3 rings (SSSR count). The third kappa shape index (κ3) is 5.07. The SMILES string of the molecule is COc1cc(CNC(C)(C)CNc2ccnc3cc(Cl)ccc23)cc(OC)c1OC. The number of methoxy groups -OCH3 is 3. The van der Waals surface area contributed by atoms with Crippen LogP contribution in [0.25, 0.3) is 10.9 Å². The van der Waals surface area contributed by atoms with E-state index < -0.39 is 0 Å². The highest BCUT2D eigenvalue weighted by atomic mass is 35.5. The lowest BCUT2D eigenvalue weighted by molar-refractivity contribution is 0.323. The Hall–Kier alpha value is -2.70. The molecular weight excluding hydrogens is 402 g/mol. The van der Waals surface area contributed by atoms with Crippen LogP contribution in [-0.4, -0.2) is 38.4 Å². The second-order valence-corrected chi connectivity index (χ2v) is 8.08. The third-order valence-corrected chi connectivity index (χ3v) is 5.16. The summed E-state index contributed by atoms with van der Waals surface area (Å²) in [7, 11) is 4.84. The van der Waals surface area contributed by atoms with Gasteiger partial charge in [-0.2, -0.15) is 0 Å². The highest BCUT2D eigenvalue weighted by Crippen LogP contribution is 2.38. The molecule has 0 unspecified atom stereocenters. The Morgan fingerprint density at radius 1 is 0.967 bits per heavy atom. The normalized spacial score (nSPS) is 11.4. The van der Waals surface area contributed by atoms with Gasteiger partial charge in [-0.15, -0.1) is 0 Å². The molecule has 1 aromatic heterocycles. The molecule has 0 spiro atoms. The number of ether oxygens (including phenoxy) is 3. The third-order valence-electron chi connectivity index (χ3n) is 4.92. The van der Waals surface area contributed by atoms with Gasteiger partial charge in [0.25, 0.3) is 0 Å². The monoisotopic (exact) mass is 429 g/mol. The fourth-order valence-electron chi connectivity index (χ4n) is 3.23. The van der Waals surface area contributed by atoms with Crippen molar-refractivity contribution in [3.8, 4) is 17.2 Å². The van der Waals surface area contributed by atoms with E-state index in [1.165, 1.54) is 0 Å². The van der Waals surface area contributed by atoms with E-state index in [0.717, 1.165) is 28.7 Å². The van der Waals surface area contributed by atoms with Crippen molar-refractivity contribution >= 4 is 28.2 Å². The Labute approximate surface area is 182 Å². The van der Waals surface area contributed by atoms with Crippen molar-refractivity contribution in [2.45, 2.75) is 25.9 Å². The number of pyridine rings is 1. The molecule has 0 saturated carbocycles. The zero-order valence-electron chi connectivity index (χ0n) is 18.0. The van der Waals surface area contributed by atoms with Gasteiger partial charge in [-0.05, 0) is 55.8 Å². The van der Waals surface area contributed by atoms with Crippen LogP contribution >= 0.6 is 11.6 Å². The summed E-state index contributed by atoms with van der Waals surface area (Å²) in [6, 6.07) is 11.6. The van der Waals surface area contributed by atoms with Crippen LogP contribution in [0.5, 0.6) is 17.2 Å². The average Bonchev–Trinajstić information content (AvgIpc) is 2.75. The first kappa shape index (κ1) is 22.0. The number of halogens is 1. The molecule has 2 N–H and O–H groups in total. The predicted molar refractivity (Wildman–Crippen MR) is 122 cm³/mol. The quantitative estimate of drug-likeness (QED) is 0.504. The Bertz CT molecular complexity index is 999. The molecule has 0 atom stereocenters. The summed E-state index contributed by atoms with van der Waals surface area (Å²) in [6.07, 6.45) is 1.79. The highest BCUT2D eigenvalue weighted by molar-refractivity contribution is 6.31. The molecule has 0 bridgehead atoms. The van der Waals surface area contributed by atoms with Gasteiger partial charge in [0.1, 0.15) is 0 Å². The number of rotatable bonds is 9. The van der Waals surface area contributed by atoms with Crippen LogP contribution in [0.1, 0.15) is 19.4 Å². The molecule has 0 aliphatic rings. The summed E-state index contributed by atoms with van der Waals surface area (Å²) in [5.74, 6) is 1.88. The Balaban J connectivity index is 1.69. The van der Waals surface area contributed by atoms with Gasteiger partial charge in [-0.25, -0.2) is 0 Å². The predicted octanol–water partition coefficient (Wildman–Crippen LogP) is 4.89. The molecule has 6 nitrogen and oxygen atoms in total. The van der Waals surface area contributed by atoms with Gasteiger partial charge in [0.2, 0.25) is 5.75 Å². The molecule has 2 aromatic carbocycles. The van der Waals surface area contributed by atoms with Crippen molar-refractivity contribution in [3.05, 3.63) is 53.2 Å². The first-order valence-corrected chi connectivity index (χ1v) is 10.1. The maximum Gasteiger partial charge on any atom is 0.203 e. The number of anilines is 1. The minimum atomic E-state index is -0.178. The van der Waals surface area contributed by atoms with Crippen molar-refractivity contribution in [1.29, 1.82) is 0 Å². The topological polar surface area (TPSA) is 64.6 Å². The minimum Gasteiger partial charge on any atom is -0.493 e. The van der Waals surface area contributed by atoms with Crippen LogP contribution in [0.4, 0.5) is 5.69 Å². The van der Waals surface area contributed by atoms with E-state index in [-0.39, 0.29) is 5.54 Å². The number of benzene rings is 2. The van der Waals surface area contributed by atoms with Crippen LogP contribution < -0.4 is 24.8 Å². The molecule has 0 aliphatic carbocycles. The van der Waals surface area contributed by atoms with E-state index in [4.69, 9.17) is 25.8 Å². The maximum absolute atomic E-state index is 6.09. The van der Waals surface area contributed by atoms with Crippen LogP contribution in [0.3, 0.4) is 0 Å². The van der Waals surface area contributed by atoms with Gasteiger partial charge in [0.15, 0.2) is 11.5 Å². The van der Waals surface area contributed by atoms with Crippen LogP contribution in [-0.2, 0) is 6.54 Å². The Morgan fingerprint density at radius 3 is 2.30 bits per heavy atom. The molecule has 0 aliphatic heterocycles. The smallest absolute Gasteiger partial charge is 0.203 e. The van der Waals surface area contributed by atoms with E-state index >= 15 is 0 Å². The number of aromatic nitrogens is 1. The molecule has 7 heteroatoms. The molecule has 0 saturated heterocycles. The minimum absolute atomic E-state index is 0.178. The van der Waals surface area contributed by atoms with E-state index in [9.17, 15) is 0 Å². The lowest BCUT2D eigenvalue weighted by atomic mass is 10.0. The molecule has 0 radical (unpaired) electrons. The largest absolute Gasteiger partial charge is 0.493 e. The van der Waals surface area contributed by atoms with Gasteiger partial charge in [-0.3, -0.25) is 4.98 Å². The standard InChI is InChI=1S/C23H28ClN3O3/c1-23(2,14-26-18-8-9-25-19-12-16(24)6-7-17(18)19)27-13-15-10-20(28-3)22(30-5)21(11-15)29-4/h6-12,27H,13-14H2,1-5H3,(H,25,26). The summed E-state index contributed by atoms with van der Waals surface area (Å²) < 4.78 is 16.3. The molecule has 30 heavy (non-hydrogen) atoms. The number of hydrogen-bond acceptors (Lipinski definition) is 6. The van der Waals surface area contributed by atoms with Crippen molar-refractivity contribution in [2.24, 2.45) is 0 Å². The molecule has 160 valence electrons. The molecule has 0 fully saturated rings. The zero-order valence-corrected chi connectivity index (χ0v) is 18.8. The average molecular weight is 430 g/mol. The van der Waals surface area contributed by atoms with Gasteiger partial charge in [0.05, 0.1) is 26.8 Å². The van der Waals surface area contributed by atoms with Gasteiger partial charge < -0.3 is 24.8 Å². The first-order valence-electron chi connectivity index (χ1n) is 9.69. The van der Waals surface area contributed by atoms with E-state index in [2.05, 4.69) is 29.5 Å². The molecule has 0 amide bonds. The molecular formula is C23H28ClN3O3. The summed E-state index contributed by atoms with van der Waals surface area (Å²) in [6.45, 7) is 5.67.